The van der Waals surface area contributed by atoms with E-state index in [0.29, 0.717) is 39.7 Å². The lowest BCUT2D eigenvalue weighted by Gasteiger charge is -2.12. The number of hydrogen-bond donors (Lipinski definition) is 0. The Kier molecular flexibility index (Phi) is 6.58. The molecule has 0 fully saturated rings. The molecule has 0 bridgehead atoms. The second-order valence-corrected chi connectivity index (χ2v) is 9.05. The van der Waals surface area contributed by atoms with Crippen molar-refractivity contribution in [3.63, 3.8) is 0 Å². The van der Waals surface area contributed by atoms with Gasteiger partial charge in [0, 0.05) is 28.5 Å². The number of carbonyl (C=O) groups excluding carboxylic acids is 1. The first-order valence-electron chi connectivity index (χ1n) is 10.4. The Balaban J connectivity index is 1.60. The Hall–Kier alpha value is -2.77. The van der Waals surface area contributed by atoms with E-state index in [1.807, 2.05) is 39.0 Å². The quantitative estimate of drug-likeness (QED) is 0.194. The molecule has 3 aromatic heterocycles. The van der Waals surface area contributed by atoms with Gasteiger partial charge in [0.05, 0.1) is 29.5 Å². The number of furan rings is 1. The van der Waals surface area contributed by atoms with E-state index in [4.69, 9.17) is 16.0 Å². The van der Waals surface area contributed by atoms with E-state index in [1.54, 1.807) is 29.0 Å². The Morgan fingerprint density at radius 2 is 2.00 bits per heavy atom. The molecule has 0 unspecified atom stereocenters. The van der Waals surface area contributed by atoms with Crippen LogP contribution in [0.15, 0.2) is 57.0 Å². The molecule has 166 valence electrons. The molecule has 8 heteroatoms. The molecule has 0 amide bonds. The molecule has 0 N–H and O–H groups in total. The summed E-state index contributed by atoms with van der Waals surface area (Å²) >= 11 is 7.38. The van der Waals surface area contributed by atoms with Gasteiger partial charge in [-0.25, -0.2) is 4.98 Å². The van der Waals surface area contributed by atoms with Gasteiger partial charge in [0.2, 0.25) is 0 Å². The number of Topliss-reactive ketones (excluding diaryl/α,β-unsaturated/α-hetero) is 1. The number of nitrogens with zero attached hydrogens (tertiary/aromatic N) is 3. The topological polar surface area (TPSA) is 70.0 Å². The van der Waals surface area contributed by atoms with Crippen molar-refractivity contribution in [1.82, 2.24) is 14.1 Å². The van der Waals surface area contributed by atoms with E-state index in [-0.39, 0.29) is 17.1 Å². The summed E-state index contributed by atoms with van der Waals surface area (Å²) in [6.07, 6.45) is 2.43. The molecule has 3 heterocycles. The molecule has 4 rings (SSSR count). The minimum Gasteiger partial charge on any atom is -0.467 e. The van der Waals surface area contributed by atoms with Crippen LogP contribution in [-0.2, 0) is 13.1 Å². The van der Waals surface area contributed by atoms with E-state index in [1.165, 1.54) is 11.8 Å². The van der Waals surface area contributed by atoms with Gasteiger partial charge in [-0.15, -0.1) is 0 Å². The van der Waals surface area contributed by atoms with Crippen LogP contribution in [0.25, 0.3) is 10.9 Å². The third kappa shape index (κ3) is 4.40. The van der Waals surface area contributed by atoms with Gasteiger partial charge in [-0.1, -0.05) is 30.3 Å². The smallest absolute Gasteiger partial charge is 0.262 e. The summed E-state index contributed by atoms with van der Waals surface area (Å²) in [5, 5.41) is 1.58. The lowest BCUT2D eigenvalue weighted by atomic mass is 10.2. The number of rotatable bonds is 8. The lowest BCUT2D eigenvalue weighted by Crippen LogP contribution is -2.23. The van der Waals surface area contributed by atoms with Crippen molar-refractivity contribution in [3.8, 4) is 0 Å². The third-order valence-electron chi connectivity index (χ3n) is 5.43. The van der Waals surface area contributed by atoms with E-state index >= 15 is 0 Å². The van der Waals surface area contributed by atoms with Gasteiger partial charge in [0.25, 0.3) is 5.56 Å². The second-order valence-electron chi connectivity index (χ2n) is 7.67. The number of fused-ring (bicyclic) bond motifs is 1. The summed E-state index contributed by atoms with van der Waals surface area (Å²) in [7, 11) is 0. The molecule has 0 radical (unpaired) electrons. The average molecular weight is 470 g/mol. The molecule has 4 aromatic rings. The van der Waals surface area contributed by atoms with Crippen LogP contribution in [-0.4, -0.2) is 25.7 Å². The molecule has 0 saturated heterocycles. The number of hydrogen-bond acceptors (Lipinski definition) is 5. The van der Waals surface area contributed by atoms with E-state index in [2.05, 4.69) is 9.55 Å². The van der Waals surface area contributed by atoms with Crippen LogP contribution in [0.3, 0.4) is 0 Å². The maximum atomic E-state index is 13.1. The summed E-state index contributed by atoms with van der Waals surface area (Å²) in [5.41, 5.74) is 3.00. The maximum absolute atomic E-state index is 13.1. The Morgan fingerprint density at radius 1 is 1.19 bits per heavy atom. The number of halogens is 1. The molecule has 0 spiro atoms. The van der Waals surface area contributed by atoms with Gasteiger partial charge in [-0.3, -0.25) is 14.2 Å². The summed E-state index contributed by atoms with van der Waals surface area (Å²) < 4.78 is 9.17. The third-order valence-corrected chi connectivity index (χ3v) is 6.64. The zero-order valence-corrected chi connectivity index (χ0v) is 19.8. The lowest BCUT2D eigenvalue weighted by molar-refractivity contribution is 0.102. The van der Waals surface area contributed by atoms with Crippen molar-refractivity contribution in [2.75, 3.05) is 5.75 Å². The van der Waals surface area contributed by atoms with E-state index in [0.717, 1.165) is 23.6 Å². The van der Waals surface area contributed by atoms with Gasteiger partial charge in [-0.05, 0) is 56.7 Å². The monoisotopic (exact) mass is 469 g/mol. The summed E-state index contributed by atoms with van der Waals surface area (Å²) in [6.45, 7) is 7.04. The molecular weight excluding hydrogens is 446 g/mol. The first kappa shape index (κ1) is 22.4. The van der Waals surface area contributed by atoms with Crippen molar-refractivity contribution in [1.29, 1.82) is 0 Å². The number of thioether (sulfide) groups is 1. The average Bonchev–Trinajstić information content (AvgIpc) is 3.38. The van der Waals surface area contributed by atoms with Gasteiger partial charge in [-0.2, -0.15) is 0 Å². The number of aromatic nitrogens is 3. The molecule has 0 saturated carbocycles. The van der Waals surface area contributed by atoms with Crippen molar-refractivity contribution in [2.45, 2.75) is 45.4 Å². The van der Waals surface area contributed by atoms with Crippen molar-refractivity contribution in [2.24, 2.45) is 0 Å². The Bertz CT molecular complexity index is 1340. The van der Waals surface area contributed by atoms with Crippen molar-refractivity contribution in [3.05, 3.63) is 80.7 Å². The van der Waals surface area contributed by atoms with Crippen molar-refractivity contribution >= 4 is 40.0 Å². The first-order valence-corrected chi connectivity index (χ1v) is 11.8. The predicted molar refractivity (Wildman–Crippen MR) is 128 cm³/mol. The van der Waals surface area contributed by atoms with Crippen LogP contribution in [0.1, 0.15) is 40.9 Å². The molecule has 0 aliphatic heterocycles. The predicted octanol–water partition coefficient (Wildman–Crippen LogP) is 5.49. The molecular formula is C24H24ClN3O3S. The van der Waals surface area contributed by atoms with Crippen LogP contribution >= 0.6 is 23.4 Å². The first-order chi connectivity index (χ1) is 15.4. The highest BCUT2D eigenvalue weighted by molar-refractivity contribution is 7.99. The maximum Gasteiger partial charge on any atom is 0.262 e. The molecule has 1 aromatic carbocycles. The zero-order valence-electron chi connectivity index (χ0n) is 18.2. The Labute approximate surface area is 195 Å². The molecule has 0 aliphatic carbocycles. The molecule has 0 atom stereocenters. The van der Waals surface area contributed by atoms with Crippen molar-refractivity contribution < 1.29 is 9.21 Å². The summed E-state index contributed by atoms with van der Waals surface area (Å²) in [4.78, 5) is 30.7. The molecule has 32 heavy (non-hydrogen) atoms. The fraction of sp³-hybridized carbons (Fsp3) is 0.292. The molecule has 0 aliphatic rings. The van der Waals surface area contributed by atoms with E-state index in [9.17, 15) is 9.59 Å². The van der Waals surface area contributed by atoms with Gasteiger partial charge in [0.1, 0.15) is 5.76 Å². The number of benzene rings is 1. The van der Waals surface area contributed by atoms with Crippen LogP contribution in [0.5, 0.6) is 0 Å². The standard InChI is InChI=1S/C24H24ClN3O3S/c1-4-9-27-23(30)19-8-7-17(25)12-21(19)26-24(27)32-14-22(29)20-11-15(2)28(16(20)3)13-18-6-5-10-31-18/h5-8,10-12H,4,9,13-14H2,1-3H3. The summed E-state index contributed by atoms with van der Waals surface area (Å²) in [6, 6.07) is 10.8. The fourth-order valence-corrected chi connectivity index (χ4v) is 4.87. The highest BCUT2D eigenvalue weighted by Crippen LogP contribution is 2.24. The number of aryl methyl sites for hydroxylation is 1. The largest absolute Gasteiger partial charge is 0.467 e. The van der Waals surface area contributed by atoms with Gasteiger partial charge >= 0.3 is 0 Å². The molecule has 6 nitrogen and oxygen atoms in total. The number of carbonyl (C=O) groups is 1. The van der Waals surface area contributed by atoms with Crippen LogP contribution in [0, 0.1) is 13.8 Å². The highest BCUT2D eigenvalue weighted by atomic mass is 35.5. The van der Waals surface area contributed by atoms with Gasteiger partial charge < -0.3 is 8.98 Å². The van der Waals surface area contributed by atoms with Crippen LogP contribution in [0.4, 0.5) is 0 Å². The minimum atomic E-state index is -0.111. The zero-order chi connectivity index (χ0) is 22.8. The fourth-order valence-electron chi connectivity index (χ4n) is 3.80. The Morgan fingerprint density at radius 3 is 2.72 bits per heavy atom. The highest BCUT2D eigenvalue weighted by Gasteiger charge is 2.19. The number of ketones is 1. The minimum absolute atomic E-state index is 0.00252. The van der Waals surface area contributed by atoms with Crippen LogP contribution in [0.2, 0.25) is 5.02 Å². The normalized spacial score (nSPS) is 11.4. The second kappa shape index (κ2) is 9.38. The SMILES string of the molecule is CCCn1c(SCC(=O)c2cc(C)n(Cc3ccco3)c2C)nc2cc(Cl)ccc2c1=O. The summed E-state index contributed by atoms with van der Waals surface area (Å²) in [5.74, 6) is 1.02. The van der Waals surface area contributed by atoms with Crippen LogP contribution < -0.4 is 5.56 Å². The van der Waals surface area contributed by atoms with Gasteiger partial charge in [0.15, 0.2) is 10.9 Å². The van der Waals surface area contributed by atoms with E-state index < -0.39 is 0 Å².